The van der Waals surface area contributed by atoms with E-state index in [4.69, 9.17) is 11.6 Å². The second-order valence-corrected chi connectivity index (χ2v) is 7.60. The Morgan fingerprint density at radius 3 is 2.76 bits per heavy atom. The van der Waals surface area contributed by atoms with Gasteiger partial charge in [-0.3, -0.25) is 0 Å². The monoisotopic (exact) mass is 413 g/mol. The van der Waals surface area contributed by atoms with Crippen molar-refractivity contribution in [3.05, 3.63) is 58.8 Å². The fraction of sp³-hybridized carbons (Fsp3) is 0.333. The molecule has 0 bridgehead atoms. The highest BCUT2D eigenvalue weighted by Crippen LogP contribution is 2.35. The van der Waals surface area contributed by atoms with Gasteiger partial charge in [0.05, 0.1) is 23.5 Å². The summed E-state index contributed by atoms with van der Waals surface area (Å²) in [4.78, 5) is 29.7. The number of imidazole rings is 1. The molecule has 1 aliphatic rings. The van der Waals surface area contributed by atoms with Crippen molar-refractivity contribution in [2.75, 3.05) is 18.0 Å². The Morgan fingerprint density at radius 2 is 2.10 bits per heavy atom. The Morgan fingerprint density at radius 1 is 1.31 bits per heavy atom. The van der Waals surface area contributed by atoms with Gasteiger partial charge in [-0.2, -0.15) is 0 Å². The van der Waals surface area contributed by atoms with Gasteiger partial charge < -0.3 is 14.7 Å². The molecule has 29 heavy (non-hydrogen) atoms. The van der Waals surface area contributed by atoms with E-state index in [0.717, 1.165) is 60.5 Å². The average Bonchev–Trinajstić information content (AvgIpc) is 3.16. The summed E-state index contributed by atoms with van der Waals surface area (Å²) in [5, 5.41) is 0.0538. The third kappa shape index (κ3) is 4.00. The normalized spacial score (nSPS) is 14.9. The van der Waals surface area contributed by atoms with Crippen molar-refractivity contribution in [1.82, 2.24) is 19.9 Å². The maximum atomic E-state index is 13.6. The van der Waals surface area contributed by atoms with Crippen molar-refractivity contribution in [2.45, 2.75) is 32.1 Å². The van der Waals surface area contributed by atoms with Crippen molar-refractivity contribution in [3.63, 3.8) is 0 Å². The molecule has 0 spiro atoms. The number of carbonyl (C=O) groups is 1. The fourth-order valence-corrected chi connectivity index (χ4v) is 4.02. The van der Waals surface area contributed by atoms with Crippen LogP contribution < -0.4 is 4.90 Å². The minimum absolute atomic E-state index is 0.0538. The number of rotatable bonds is 5. The lowest BCUT2D eigenvalue weighted by atomic mass is 9.92. The van der Waals surface area contributed by atoms with Crippen molar-refractivity contribution < 1.29 is 9.18 Å². The lowest BCUT2D eigenvalue weighted by Crippen LogP contribution is -2.34. The first-order valence-electron chi connectivity index (χ1n) is 9.56. The largest absolute Gasteiger partial charge is 0.356 e. The molecular weight excluding hydrogens is 393 g/mol. The zero-order valence-electron chi connectivity index (χ0n) is 16.0. The zero-order valence-corrected chi connectivity index (χ0v) is 16.8. The highest BCUT2D eigenvalue weighted by molar-refractivity contribution is 6.31. The highest BCUT2D eigenvalue weighted by Gasteiger charge is 2.26. The number of halogens is 2. The second-order valence-electron chi connectivity index (χ2n) is 7.20. The van der Waals surface area contributed by atoms with Crippen LogP contribution in [-0.4, -0.2) is 39.3 Å². The number of aromatic amines is 1. The molecule has 3 aromatic rings. The van der Waals surface area contributed by atoms with E-state index in [1.165, 1.54) is 6.07 Å². The lowest BCUT2D eigenvalue weighted by molar-refractivity contribution is -0.107. The quantitative estimate of drug-likeness (QED) is 0.637. The molecule has 150 valence electrons. The summed E-state index contributed by atoms with van der Waals surface area (Å²) in [6, 6.07) is 4.59. The van der Waals surface area contributed by atoms with Crippen LogP contribution in [0.3, 0.4) is 0 Å². The smallest absolute Gasteiger partial charge is 0.141 e. The number of nitrogens with zero attached hydrogens (tertiary/aromatic N) is 4. The molecule has 0 radical (unpaired) electrons. The summed E-state index contributed by atoms with van der Waals surface area (Å²) in [6.45, 7) is 3.65. The van der Waals surface area contributed by atoms with Gasteiger partial charge in [0.15, 0.2) is 0 Å². The van der Waals surface area contributed by atoms with E-state index in [-0.39, 0.29) is 11.4 Å². The fourth-order valence-electron chi connectivity index (χ4n) is 3.84. The van der Waals surface area contributed by atoms with Crippen LogP contribution in [0.5, 0.6) is 0 Å². The van der Waals surface area contributed by atoms with Gasteiger partial charge >= 0.3 is 0 Å². The van der Waals surface area contributed by atoms with Gasteiger partial charge in [-0.1, -0.05) is 17.7 Å². The standard InChI is InChI=1S/C21H21ClFN5O/c1-13-20(26-12-25-13)14-4-7-28(8-5-14)21-16(11-24-19(27-21)6-9-29)15-2-3-18(23)17(22)10-15/h2-3,9-12,14H,4-8H2,1H3,(H,25,26). The molecule has 4 rings (SSSR count). The van der Waals surface area contributed by atoms with Gasteiger partial charge in [-0.15, -0.1) is 0 Å². The zero-order chi connectivity index (χ0) is 20.4. The Hall–Kier alpha value is -2.80. The van der Waals surface area contributed by atoms with E-state index in [0.29, 0.717) is 11.7 Å². The van der Waals surface area contributed by atoms with Crippen molar-refractivity contribution >= 4 is 23.7 Å². The lowest BCUT2D eigenvalue weighted by Gasteiger charge is -2.33. The second kappa shape index (κ2) is 8.29. The van der Waals surface area contributed by atoms with Crippen LogP contribution in [0.25, 0.3) is 11.1 Å². The summed E-state index contributed by atoms with van der Waals surface area (Å²) in [5.74, 6) is 1.15. The Balaban J connectivity index is 1.64. The van der Waals surface area contributed by atoms with Crippen molar-refractivity contribution in [3.8, 4) is 11.1 Å². The molecule has 0 saturated carbocycles. The first-order chi connectivity index (χ1) is 14.1. The van der Waals surface area contributed by atoms with E-state index < -0.39 is 5.82 Å². The SMILES string of the molecule is Cc1[nH]cnc1C1CCN(c2nc(CC=O)ncc2-c2ccc(F)c(Cl)c2)CC1. The summed E-state index contributed by atoms with van der Waals surface area (Å²) >= 11 is 5.99. The Bertz CT molecular complexity index is 1030. The number of aryl methyl sites for hydroxylation is 1. The molecule has 0 aliphatic carbocycles. The predicted molar refractivity (Wildman–Crippen MR) is 110 cm³/mol. The van der Waals surface area contributed by atoms with Crippen LogP contribution in [0.4, 0.5) is 10.2 Å². The number of aromatic nitrogens is 4. The van der Waals surface area contributed by atoms with Gasteiger partial charge in [0.25, 0.3) is 0 Å². The minimum Gasteiger partial charge on any atom is -0.356 e. The van der Waals surface area contributed by atoms with E-state index >= 15 is 0 Å². The van der Waals surface area contributed by atoms with Crippen LogP contribution in [0.1, 0.15) is 36.0 Å². The Kier molecular flexibility index (Phi) is 5.58. The summed E-state index contributed by atoms with van der Waals surface area (Å²) < 4.78 is 13.6. The third-order valence-corrected chi connectivity index (χ3v) is 5.65. The number of aldehydes is 1. The molecule has 2 aromatic heterocycles. The molecule has 0 unspecified atom stereocenters. The number of nitrogens with one attached hydrogen (secondary N) is 1. The van der Waals surface area contributed by atoms with E-state index in [1.807, 2.05) is 6.92 Å². The van der Waals surface area contributed by atoms with Gasteiger partial charge in [-0.05, 0) is 37.5 Å². The number of H-pyrrole nitrogens is 1. The molecule has 1 fully saturated rings. The van der Waals surface area contributed by atoms with Gasteiger partial charge in [0.2, 0.25) is 0 Å². The number of piperidine rings is 1. The number of carbonyl (C=O) groups excluding carboxylic acids is 1. The van der Waals surface area contributed by atoms with Crippen LogP contribution in [0, 0.1) is 12.7 Å². The van der Waals surface area contributed by atoms with Gasteiger partial charge in [0.1, 0.15) is 23.7 Å². The summed E-state index contributed by atoms with van der Waals surface area (Å²) in [5.41, 5.74) is 3.75. The molecule has 0 amide bonds. The van der Waals surface area contributed by atoms with Gasteiger partial charge in [0, 0.05) is 36.5 Å². The summed E-state index contributed by atoms with van der Waals surface area (Å²) in [6.07, 6.45) is 6.27. The molecule has 6 nitrogen and oxygen atoms in total. The number of anilines is 1. The first kappa shape index (κ1) is 19.5. The molecule has 0 atom stereocenters. The average molecular weight is 414 g/mol. The van der Waals surface area contributed by atoms with Gasteiger partial charge in [-0.25, -0.2) is 19.3 Å². The molecular formula is C21H21ClFN5O. The van der Waals surface area contributed by atoms with Crippen LogP contribution >= 0.6 is 11.6 Å². The topological polar surface area (TPSA) is 74.8 Å². The maximum absolute atomic E-state index is 13.6. The molecule has 1 aliphatic heterocycles. The molecule has 1 saturated heterocycles. The molecule has 1 N–H and O–H groups in total. The number of benzene rings is 1. The number of hydrogen-bond donors (Lipinski definition) is 1. The Labute approximate surface area is 173 Å². The van der Waals surface area contributed by atoms with E-state index in [2.05, 4.69) is 24.8 Å². The molecule has 8 heteroatoms. The first-order valence-corrected chi connectivity index (χ1v) is 9.94. The van der Waals surface area contributed by atoms with E-state index in [9.17, 15) is 9.18 Å². The summed E-state index contributed by atoms with van der Waals surface area (Å²) in [7, 11) is 0. The third-order valence-electron chi connectivity index (χ3n) is 5.37. The molecule has 3 heterocycles. The highest BCUT2D eigenvalue weighted by atomic mass is 35.5. The van der Waals surface area contributed by atoms with Crippen molar-refractivity contribution in [1.29, 1.82) is 0 Å². The van der Waals surface area contributed by atoms with Crippen molar-refractivity contribution in [2.24, 2.45) is 0 Å². The van der Waals surface area contributed by atoms with Crippen LogP contribution in [0.2, 0.25) is 5.02 Å². The van der Waals surface area contributed by atoms with Crippen LogP contribution in [0.15, 0.2) is 30.7 Å². The molecule has 1 aromatic carbocycles. The predicted octanol–water partition coefficient (Wildman–Crippen LogP) is 4.09. The maximum Gasteiger partial charge on any atom is 0.141 e. The van der Waals surface area contributed by atoms with E-state index in [1.54, 1.807) is 24.7 Å². The number of hydrogen-bond acceptors (Lipinski definition) is 5. The minimum atomic E-state index is -0.467. The van der Waals surface area contributed by atoms with Crippen LogP contribution in [-0.2, 0) is 11.2 Å².